The Balaban J connectivity index is 2.54. The number of rotatable bonds is 5. The molecule has 0 aliphatic heterocycles. The zero-order chi connectivity index (χ0) is 17.1. The predicted molar refractivity (Wildman–Crippen MR) is 88.0 cm³/mol. The smallest absolute Gasteiger partial charge is 0.408 e. The normalized spacial score (nSPS) is 13.8. The van der Waals surface area contributed by atoms with Gasteiger partial charge in [0.15, 0.2) is 0 Å². The fourth-order valence-electron chi connectivity index (χ4n) is 2.22. The molecule has 1 unspecified atom stereocenters. The molecule has 5 nitrogen and oxygen atoms in total. The van der Waals surface area contributed by atoms with Gasteiger partial charge in [-0.15, -0.1) is 0 Å². The molecule has 0 bridgehead atoms. The molecule has 1 aromatic heterocycles. The first-order valence-electron chi connectivity index (χ1n) is 7.71. The molecule has 1 heterocycles. The molecule has 1 aromatic rings. The maximum Gasteiger partial charge on any atom is 0.408 e. The summed E-state index contributed by atoms with van der Waals surface area (Å²) in [5.41, 5.74) is 0.237. The van der Waals surface area contributed by atoms with E-state index < -0.39 is 17.2 Å². The molecule has 1 atom stereocenters. The van der Waals surface area contributed by atoms with Crippen molar-refractivity contribution >= 4 is 6.09 Å². The molecule has 0 aliphatic carbocycles. The van der Waals surface area contributed by atoms with Crippen LogP contribution in [0.15, 0.2) is 10.5 Å². The molecule has 0 fully saturated rings. The van der Waals surface area contributed by atoms with E-state index in [1.807, 2.05) is 54.5 Å². The van der Waals surface area contributed by atoms with E-state index in [4.69, 9.17) is 9.15 Å². The van der Waals surface area contributed by atoms with E-state index in [1.54, 1.807) is 0 Å². The van der Waals surface area contributed by atoms with E-state index in [9.17, 15) is 4.79 Å². The van der Waals surface area contributed by atoms with E-state index in [-0.39, 0.29) is 6.04 Å². The second-order valence-electron chi connectivity index (χ2n) is 7.48. The minimum atomic E-state index is -0.494. The van der Waals surface area contributed by atoms with Crippen LogP contribution in [0, 0.1) is 13.8 Å². The van der Waals surface area contributed by atoms with E-state index in [2.05, 4.69) is 17.6 Å². The molecule has 1 rings (SSSR count). The summed E-state index contributed by atoms with van der Waals surface area (Å²) in [5.74, 6) is 1.84. The summed E-state index contributed by atoms with van der Waals surface area (Å²) in [5, 5.41) is 6.32. The van der Waals surface area contributed by atoms with Crippen molar-refractivity contribution < 1.29 is 13.9 Å². The average molecular weight is 310 g/mol. The Bertz CT molecular complexity index is 512. The van der Waals surface area contributed by atoms with Crippen LogP contribution in [0.3, 0.4) is 0 Å². The van der Waals surface area contributed by atoms with Crippen molar-refractivity contribution in [1.29, 1.82) is 0 Å². The van der Waals surface area contributed by atoms with Crippen molar-refractivity contribution in [3.8, 4) is 0 Å². The van der Waals surface area contributed by atoms with E-state index >= 15 is 0 Å². The highest BCUT2D eigenvalue weighted by Gasteiger charge is 2.25. The molecule has 0 saturated carbocycles. The molecular weight excluding hydrogens is 280 g/mol. The molecular formula is C17H30N2O3. The van der Waals surface area contributed by atoms with Crippen LogP contribution in [-0.2, 0) is 4.74 Å². The van der Waals surface area contributed by atoms with Crippen LogP contribution in [0.5, 0.6) is 0 Å². The van der Waals surface area contributed by atoms with Gasteiger partial charge in [0.2, 0.25) is 0 Å². The summed E-state index contributed by atoms with van der Waals surface area (Å²) >= 11 is 0. The largest absolute Gasteiger partial charge is 0.466 e. The minimum Gasteiger partial charge on any atom is -0.466 e. The van der Waals surface area contributed by atoms with Gasteiger partial charge >= 0.3 is 6.09 Å². The van der Waals surface area contributed by atoms with Gasteiger partial charge in [0.05, 0.1) is 5.54 Å². The third-order valence-electron chi connectivity index (χ3n) is 3.24. The Hall–Kier alpha value is -1.49. The highest BCUT2D eigenvalue weighted by atomic mass is 16.6. The van der Waals surface area contributed by atoms with Crippen molar-refractivity contribution in [2.24, 2.45) is 0 Å². The fraction of sp³-hybridized carbons (Fsp3) is 0.706. The summed E-state index contributed by atoms with van der Waals surface area (Å²) in [6, 6.07) is 2.19. The Morgan fingerprint density at radius 2 is 1.86 bits per heavy atom. The predicted octanol–water partition coefficient (Wildman–Crippen LogP) is 3.85. The maximum atomic E-state index is 11.9. The molecule has 0 spiro atoms. The number of ether oxygens (including phenoxy) is 1. The van der Waals surface area contributed by atoms with Crippen LogP contribution >= 0.6 is 0 Å². The highest BCUT2D eigenvalue weighted by Crippen LogP contribution is 2.21. The number of carbonyl (C=O) groups is 1. The van der Waals surface area contributed by atoms with Crippen molar-refractivity contribution in [3.63, 3.8) is 0 Å². The van der Waals surface area contributed by atoms with Gasteiger partial charge in [0.1, 0.15) is 17.1 Å². The molecule has 0 aromatic carbocycles. The number of carbonyl (C=O) groups excluding carboxylic acids is 1. The number of nitrogens with one attached hydrogen (secondary N) is 2. The van der Waals surface area contributed by atoms with Gasteiger partial charge in [-0.05, 0) is 61.5 Å². The Morgan fingerprint density at radius 1 is 1.27 bits per heavy atom. The number of aryl methyl sites for hydroxylation is 2. The van der Waals surface area contributed by atoms with Crippen molar-refractivity contribution in [1.82, 2.24) is 10.6 Å². The van der Waals surface area contributed by atoms with Crippen molar-refractivity contribution in [2.45, 2.75) is 72.6 Å². The number of furan rings is 1. The summed E-state index contributed by atoms with van der Waals surface area (Å²) < 4.78 is 10.9. The van der Waals surface area contributed by atoms with Crippen LogP contribution in [0.1, 0.15) is 64.7 Å². The zero-order valence-corrected chi connectivity index (χ0v) is 15.1. The summed E-state index contributed by atoms with van der Waals surface area (Å²) in [6.07, 6.45) is -0.401. The van der Waals surface area contributed by atoms with E-state index in [0.29, 0.717) is 6.54 Å². The lowest BCUT2D eigenvalue weighted by Gasteiger charge is -2.30. The third-order valence-corrected chi connectivity index (χ3v) is 3.24. The van der Waals surface area contributed by atoms with Crippen LogP contribution in [0.2, 0.25) is 0 Å². The van der Waals surface area contributed by atoms with Crippen LogP contribution in [0.25, 0.3) is 0 Å². The summed E-state index contributed by atoms with van der Waals surface area (Å²) in [6.45, 7) is 16.1. The zero-order valence-electron chi connectivity index (χ0n) is 15.1. The summed E-state index contributed by atoms with van der Waals surface area (Å²) in [7, 11) is 0. The second kappa shape index (κ2) is 6.73. The Kier molecular flexibility index (Phi) is 5.68. The van der Waals surface area contributed by atoms with E-state index in [1.165, 1.54) is 0 Å². The third kappa shape index (κ3) is 6.10. The first kappa shape index (κ1) is 18.6. The Labute approximate surface area is 133 Å². The first-order chi connectivity index (χ1) is 9.89. The fourth-order valence-corrected chi connectivity index (χ4v) is 2.22. The Morgan fingerprint density at radius 3 is 2.32 bits per heavy atom. The lowest BCUT2D eigenvalue weighted by molar-refractivity contribution is 0.0471. The SMILES string of the molecule is Cc1cc(C(C)NCC(C)(C)NC(=O)OC(C)(C)C)c(C)o1. The topological polar surface area (TPSA) is 63.5 Å². The van der Waals surface area contributed by atoms with Gasteiger partial charge in [-0.3, -0.25) is 0 Å². The van der Waals surface area contributed by atoms with Gasteiger partial charge in [-0.1, -0.05) is 0 Å². The quantitative estimate of drug-likeness (QED) is 0.867. The number of alkyl carbamates (subject to hydrolysis) is 1. The molecule has 22 heavy (non-hydrogen) atoms. The monoisotopic (exact) mass is 310 g/mol. The number of hydrogen-bond acceptors (Lipinski definition) is 4. The minimum absolute atomic E-state index is 0.150. The van der Waals surface area contributed by atoms with Gasteiger partial charge in [-0.2, -0.15) is 0 Å². The van der Waals surface area contributed by atoms with Gasteiger partial charge in [-0.25, -0.2) is 4.79 Å². The van der Waals surface area contributed by atoms with Crippen LogP contribution < -0.4 is 10.6 Å². The standard InChI is InChI=1S/C17H30N2O3/c1-11-9-14(13(3)21-11)12(2)18-10-17(7,8)19-15(20)22-16(4,5)6/h9,12,18H,10H2,1-8H3,(H,19,20). The van der Waals surface area contributed by atoms with Gasteiger partial charge < -0.3 is 19.8 Å². The van der Waals surface area contributed by atoms with Crippen LogP contribution in [-0.4, -0.2) is 23.8 Å². The van der Waals surface area contributed by atoms with Crippen molar-refractivity contribution in [2.75, 3.05) is 6.54 Å². The molecule has 5 heteroatoms. The lowest BCUT2D eigenvalue weighted by Crippen LogP contribution is -2.51. The molecule has 126 valence electrons. The molecule has 2 N–H and O–H groups in total. The first-order valence-corrected chi connectivity index (χ1v) is 7.71. The number of amides is 1. The van der Waals surface area contributed by atoms with Crippen LogP contribution in [0.4, 0.5) is 4.79 Å². The molecule has 0 radical (unpaired) electrons. The van der Waals surface area contributed by atoms with E-state index in [0.717, 1.165) is 17.1 Å². The van der Waals surface area contributed by atoms with Gasteiger partial charge in [0, 0.05) is 18.2 Å². The molecule has 1 amide bonds. The highest BCUT2D eigenvalue weighted by molar-refractivity contribution is 5.68. The number of hydrogen-bond donors (Lipinski definition) is 2. The van der Waals surface area contributed by atoms with Crippen molar-refractivity contribution in [3.05, 3.63) is 23.2 Å². The van der Waals surface area contributed by atoms with Gasteiger partial charge in [0.25, 0.3) is 0 Å². The molecule has 0 saturated heterocycles. The maximum absolute atomic E-state index is 11.9. The second-order valence-corrected chi connectivity index (χ2v) is 7.48. The summed E-state index contributed by atoms with van der Waals surface area (Å²) in [4.78, 5) is 11.9. The average Bonchev–Trinajstić information content (AvgIpc) is 2.62. The molecule has 0 aliphatic rings. The lowest BCUT2D eigenvalue weighted by atomic mass is 10.0.